The average Bonchev–Trinajstić information content (AvgIpc) is 2.62. The molecule has 0 saturated carbocycles. The van der Waals surface area contributed by atoms with E-state index in [2.05, 4.69) is 10.3 Å². The maximum Gasteiger partial charge on any atom is 0.303 e. The molecule has 1 aromatic carbocycles. The second-order valence-electron chi connectivity index (χ2n) is 6.49. The van der Waals surface area contributed by atoms with E-state index in [4.69, 9.17) is 9.84 Å². The lowest BCUT2D eigenvalue weighted by atomic mass is 9.99. The predicted octanol–water partition coefficient (Wildman–Crippen LogP) is 3.76. The van der Waals surface area contributed by atoms with E-state index < -0.39 is 10.9 Å². The maximum atomic E-state index is 11.3. The number of para-hydroxylation sites is 1. The van der Waals surface area contributed by atoms with E-state index in [-0.39, 0.29) is 36.5 Å². The number of hydrogen-bond donors (Lipinski definition) is 2. The Bertz CT molecular complexity index is 780. The van der Waals surface area contributed by atoms with Crippen LogP contribution in [0.2, 0.25) is 0 Å². The molecule has 8 heteroatoms. The molecule has 8 nitrogen and oxygen atoms in total. The SMILES string of the molecule is CC(C)C(CCC(=O)O)NCc1cc(Oc2ccccc2)ncc1[N+](=O)[O-]. The Labute approximate surface area is 157 Å². The Balaban J connectivity index is 2.15. The monoisotopic (exact) mass is 373 g/mol. The zero-order chi connectivity index (χ0) is 19.8. The first kappa shape index (κ1) is 20.3. The molecule has 0 aliphatic carbocycles. The summed E-state index contributed by atoms with van der Waals surface area (Å²) in [5.74, 6) is 0.163. The Hall–Kier alpha value is -3.00. The molecule has 2 N–H and O–H groups in total. The molecular formula is C19H23N3O5. The first-order valence-electron chi connectivity index (χ1n) is 8.68. The number of rotatable bonds is 10. The summed E-state index contributed by atoms with van der Waals surface area (Å²) in [6.07, 6.45) is 1.66. The fourth-order valence-corrected chi connectivity index (χ4v) is 2.63. The van der Waals surface area contributed by atoms with E-state index >= 15 is 0 Å². The zero-order valence-corrected chi connectivity index (χ0v) is 15.3. The van der Waals surface area contributed by atoms with Gasteiger partial charge in [-0.05, 0) is 24.5 Å². The number of pyridine rings is 1. The maximum absolute atomic E-state index is 11.3. The highest BCUT2D eigenvalue weighted by Gasteiger charge is 2.19. The molecule has 0 saturated heterocycles. The van der Waals surface area contributed by atoms with Crippen molar-refractivity contribution in [3.8, 4) is 11.6 Å². The number of nitrogens with one attached hydrogen (secondary N) is 1. The van der Waals surface area contributed by atoms with Crippen LogP contribution in [0.4, 0.5) is 5.69 Å². The average molecular weight is 373 g/mol. The topological polar surface area (TPSA) is 115 Å². The normalized spacial score (nSPS) is 12.0. The van der Waals surface area contributed by atoms with Crippen molar-refractivity contribution in [2.75, 3.05) is 0 Å². The smallest absolute Gasteiger partial charge is 0.303 e. The van der Waals surface area contributed by atoms with Crippen LogP contribution in [0.1, 0.15) is 32.3 Å². The van der Waals surface area contributed by atoms with Crippen LogP contribution in [0.15, 0.2) is 42.6 Å². The van der Waals surface area contributed by atoms with Gasteiger partial charge in [0.25, 0.3) is 5.69 Å². The lowest BCUT2D eigenvalue weighted by Gasteiger charge is -2.22. The van der Waals surface area contributed by atoms with Crippen LogP contribution in [-0.4, -0.2) is 27.0 Å². The quantitative estimate of drug-likeness (QED) is 0.481. The number of aliphatic carboxylic acids is 1. The molecule has 0 fully saturated rings. The first-order valence-corrected chi connectivity index (χ1v) is 8.68. The van der Waals surface area contributed by atoms with Crippen molar-refractivity contribution in [3.63, 3.8) is 0 Å². The van der Waals surface area contributed by atoms with Gasteiger partial charge in [-0.15, -0.1) is 0 Å². The Kier molecular flexibility index (Phi) is 7.25. The molecule has 0 aliphatic rings. The molecule has 144 valence electrons. The van der Waals surface area contributed by atoms with Crippen LogP contribution in [0, 0.1) is 16.0 Å². The minimum Gasteiger partial charge on any atom is -0.481 e. The van der Waals surface area contributed by atoms with E-state index in [0.29, 0.717) is 17.7 Å². The van der Waals surface area contributed by atoms with Crippen LogP contribution < -0.4 is 10.1 Å². The van der Waals surface area contributed by atoms with Gasteiger partial charge < -0.3 is 15.2 Å². The number of carboxylic acids is 1. The highest BCUT2D eigenvalue weighted by atomic mass is 16.6. The summed E-state index contributed by atoms with van der Waals surface area (Å²) in [7, 11) is 0. The molecule has 1 heterocycles. The number of benzene rings is 1. The van der Waals surface area contributed by atoms with Gasteiger partial charge in [0.05, 0.1) is 10.5 Å². The van der Waals surface area contributed by atoms with Crippen LogP contribution in [-0.2, 0) is 11.3 Å². The van der Waals surface area contributed by atoms with E-state index in [1.165, 1.54) is 12.3 Å². The van der Waals surface area contributed by atoms with Crippen molar-refractivity contribution in [2.45, 2.75) is 39.3 Å². The van der Waals surface area contributed by atoms with E-state index in [0.717, 1.165) is 0 Å². The molecule has 2 aromatic rings. The van der Waals surface area contributed by atoms with Gasteiger partial charge in [-0.1, -0.05) is 32.0 Å². The molecule has 1 aromatic heterocycles. The van der Waals surface area contributed by atoms with Gasteiger partial charge in [0.1, 0.15) is 11.9 Å². The summed E-state index contributed by atoms with van der Waals surface area (Å²) in [6, 6.07) is 10.5. The third kappa shape index (κ3) is 6.34. The van der Waals surface area contributed by atoms with Crippen molar-refractivity contribution >= 4 is 11.7 Å². The van der Waals surface area contributed by atoms with Gasteiger partial charge in [-0.3, -0.25) is 14.9 Å². The molecule has 1 unspecified atom stereocenters. The van der Waals surface area contributed by atoms with Gasteiger partial charge >= 0.3 is 5.97 Å². The summed E-state index contributed by atoms with van der Waals surface area (Å²) in [4.78, 5) is 25.6. The summed E-state index contributed by atoms with van der Waals surface area (Å²) >= 11 is 0. The fourth-order valence-electron chi connectivity index (χ4n) is 2.63. The molecule has 0 aliphatic heterocycles. The van der Waals surface area contributed by atoms with Crippen molar-refractivity contribution in [1.82, 2.24) is 10.3 Å². The predicted molar refractivity (Wildman–Crippen MR) is 99.7 cm³/mol. The van der Waals surface area contributed by atoms with Gasteiger partial charge in [0, 0.05) is 25.1 Å². The minimum atomic E-state index is -0.865. The van der Waals surface area contributed by atoms with E-state index in [1.807, 2.05) is 32.0 Å². The van der Waals surface area contributed by atoms with Crippen molar-refractivity contribution in [1.29, 1.82) is 0 Å². The highest BCUT2D eigenvalue weighted by molar-refractivity contribution is 5.66. The molecular weight excluding hydrogens is 350 g/mol. The standard InChI is InChI=1S/C19H23N3O5/c1-13(2)16(8-9-19(23)24)20-11-14-10-18(21-12-17(14)22(25)26)27-15-6-4-3-5-7-15/h3-7,10,12-13,16,20H,8-9,11H2,1-2H3,(H,23,24). The Morgan fingerprint density at radius 2 is 2.04 bits per heavy atom. The lowest BCUT2D eigenvalue weighted by Crippen LogP contribution is -2.34. The molecule has 0 bridgehead atoms. The number of aromatic nitrogens is 1. The molecule has 0 amide bonds. The minimum absolute atomic E-state index is 0.0383. The second kappa shape index (κ2) is 9.63. The van der Waals surface area contributed by atoms with Gasteiger partial charge in [-0.2, -0.15) is 0 Å². The lowest BCUT2D eigenvalue weighted by molar-refractivity contribution is -0.386. The Morgan fingerprint density at radius 3 is 2.63 bits per heavy atom. The summed E-state index contributed by atoms with van der Waals surface area (Å²) in [6.45, 7) is 4.17. The zero-order valence-electron chi connectivity index (χ0n) is 15.3. The molecule has 0 radical (unpaired) electrons. The molecule has 27 heavy (non-hydrogen) atoms. The van der Waals surface area contributed by atoms with Crippen molar-refractivity contribution < 1.29 is 19.6 Å². The summed E-state index contributed by atoms with van der Waals surface area (Å²) < 4.78 is 5.65. The number of carboxylic acid groups (broad SMARTS) is 1. The molecule has 2 rings (SSSR count). The van der Waals surface area contributed by atoms with Crippen LogP contribution in [0.25, 0.3) is 0 Å². The number of ether oxygens (including phenoxy) is 1. The number of carbonyl (C=O) groups is 1. The third-order valence-electron chi connectivity index (χ3n) is 4.13. The van der Waals surface area contributed by atoms with E-state index in [1.54, 1.807) is 12.1 Å². The third-order valence-corrected chi connectivity index (χ3v) is 4.13. The van der Waals surface area contributed by atoms with Crippen molar-refractivity contribution in [2.24, 2.45) is 5.92 Å². The van der Waals surface area contributed by atoms with Crippen molar-refractivity contribution in [3.05, 3.63) is 58.3 Å². The van der Waals surface area contributed by atoms with Crippen LogP contribution in [0.5, 0.6) is 11.6 Å². The van der Waals surface area contributed by atoms with Crippen LogP contribution >= 0.6 is 0 Å². The summed E-state index contributed by atoms with van der Waals surface area (Å²) in [5, 5.41) is 23.4. The highest BCUT2D eigenvalue weighted by Crippen LogP contribution is 2.25. The van der Waals surface area contributed by atoms with Gasteiger partial charge in [-0.25, -0.2) is 4.98 Å². The largest absolute Gasteiger partial charge is 0.481 e. The number of nitro groups is 1. The molecule has 0 spiro atoms. The second-order valence-corrected chi connectivity index (χ2v) is 6.49. The fraction of sp³-hybridized carbons (Fsp3) is 0.368. The Morgan fingerprint density at radius 1 is 1.33 bits per heavy atom. The number of hydrogen-bond acceptors (Lipinski definition) is 6. The number of nitrogens with zero attached hydrogens (tertiary/aromatic N) is 2. The molecule has 1 atom stereocenters. The van der Waals surface area contributed by atoms with Gasteiger partial charge in [0.15, 0.2) is 0 Å². The van der Waals surface area contributed by atoms with Crippen LogP contribution in [0.3, 0.4) is 0 Å². The van der Waals surface area contributed by atoms with Gasteiger partial charge in [0.2, 0.25) is 5.88 Å². The van der Waals surface area contributed by atoms with E-state index in [9.17, 15) is 14.9 Å². The summed E-state index contributed by atoms with van der Waals surface area (Å²) in [5.41, 5.74) is 0.325. The first-order chi connectivity index (χ1) is 12.9.